The molecule has 0 amide bonds. The highest BCUT2D eigenvalue weighted by atomic mass is 32.1. The molecule has 1 aromatic carbocycles. The van der Waals surface area contributed by atoms with Crippen molar-refractivity contribution in [3.63, 3.8) is 0 Å². The van der Waals surface area contributed by atoms with Gasteiger partial charge in [-0.25, -0.2) is 0 Å². The molecule has 1 aliphatic carbocycles. The lowest BCUT2D eigenvalue weighted by Crippen LogP contribution is -2.40. The predicted molar refractivity (Wildman–Crippen MR) is 95.8 cm³/mol. The molecule has 0 atom stereocenters. The third-order valence-electron chi connectivity index (χ3n) is 4.02. The van der Waals surface area contributed by atoms with Crippen LogP contribution in [0.3, 0.4) is 0 Å². The van der Waals surface area contributed by atoms with E-state index in [1.165, 1.54) is 31.7 Å². The summed E-state index contributed by atoms with van der Waals surface area (Å²) < 4.78 is 5.44. The SMILES string of the molecule is O=c1c(/C=N\NC(=S)NC2CCCCC2)coc2ccccc12. The van der Waals surface area contributed by atoms with Gasteiger partial charge in [0.15, 0.2) is 5.11 Å². The van der Waals surface area contributed by atoms with Gasteiger partial charge in [0.1, 0.15) is 11.8 Å². The van der Waals surface area contributed by atoms with Crippen LogP contribution in [0.5, 0.6) is 0 Å². The molecule has 120 valence electrons. The molecule has 23 heavy (non-hydrogen) atoms. The highest BCUT2D eigenvalue weighted by Gasteiger charge is 2.13. The highest BCUT2D eigenvalue weighted by Crippen LogP contribution is 2.17. The van der Waals surface area contributed by atoms with E-state index in [0.29, 0.717) is 27.7 Å². The summed E-state index contributed by atoms with van der Waals surface area (Å²) in [4.78, 5) is 12.3. The van der Waals surface area contributed by atoms with Gasteiger partial charge in [-0.2, -0.15) is 5.10 Å². The molecule has 1 heterocycles. The van der Waals surface area contributed by atoms with E-state index in [0.717, 1.165) is 12.8 Å². The zero-order chi connectivity index (χ0) is 16.1. The molecule has 0 bridgehead atoms. The van der Waals surface area contributed by atoms with Gasteiger partial charge >= 0.3 is 0 Å². The minimum absolute atomic E-state index is 0.108. The monoisotopic (exact) mass is 329 g/mol. The maximum atomic E-state index is 12.3. The van der Waals surface area contributed by atoms with Gasteiger partial charge in [-0.1, -0.05) is 31.4 Å². The minimum atomic E-state index is -0.108. The van der Waals surface area contributed by atoms with E-state index in [9.17, 15) is 4.79 Å². The van der Waals surface area contributed by atoms with Crippen LogP contribution >= 0.6 is 12.2 Å². The quantitative estimate of drug-likeness (QED) is 0.515. The van der Waals surface area contributed by atoms with E-state index in [4.69, 9.17) is 16.6 Å². The van der Waals surface area contributed by atoms with Crippen molar-refractivity contribution in [1.29, 1.82) is 0 Å². The molecule has 0 saturated heterocycles. The molecule has 0 aliphatic heterocycles. The molecule has 5 nitrogen and oxygen atoms in total. The third kappa shape index (κ3) is 3.96. The number of fused-ring (bicyclic) bond motifs is 1. The molecular weight excluding hydrogens is 310 g/mol. The molecule has 2 N–H and O–H groups in total. The van der Waals surface area contributed by atoms with Crippen LogP contribution in [0.4, 0.5) is 0 Å². The first-order valence-electron chi connectivity index (χ1n) is 7.84. The number of para-hydroxylation sites is 1. The number of nitrogens with one attached hydrogen (secondary N) is 2. The number of thiocarbonyl (C=S) groups is 1. The number of rotatable bonds is 3. The summed E-state index contributed by atoms with van der Waals surface area (Å²) in [6.07, 6.45) is 8.90. The molecule has 1 fully saturated rings. The van der Waals surface area contributed by atoms with Crippen molar-refractivity contribution in [1.82, 2.24) is 10.7 Å². The van der Waals surface area contributed by atoms with Crippen molar-refractivity contribution in [2.75, 3.05) is 0 Å². The molecule has 0 radical (unpaired) electrons. The average Bonchev–Trinajstić information content (AvgIpc) is 2.58. The van der Waals surface area contributed by atoms with Gasteiger partial charge < -0.3 is 9.73 Å². The Labute approximate surface area is 139 Å². The van der Waals surface area contributed by atoms with Gasteiger partial charge in [-0.3, -0.25) is 10.2 Å². The normalized spacial score (nSPS) is 15.8. The second-order valence-electron chi connectivity index (χ2n) is 5.69. The van der Waals surface area contributed by atoms with E-state index in [-0.39, 0.29) is 5.43 Å². The van der Waals surface area contributed by atoms with Crippen LogP contribution in [0.25, 0.3) is 11.0 Å². The Balaban J connectivity index is 1.62. The van der Waals surface area contributed by atoms with Crippen LogP contribution in [0.1, 0.15) is 37.7 Å². The number of benzene rings is 1. The number of hydrogen-bond acceptors (Lipinski definition) is 4. The smallest absolute Gasteiger partial charge is 0.201 e. The van der Waals surface area contributed by atoms with Crippen molar-refractivity contribution in [2.45, 2.75) is 38.1 Å². The first-order chi connectivity index (χ1) is 11.2. The van der Waals surface area contributed by atoms with Crippen molar-refractivity contribution in [3.05, 3.63) is 46.3 Å². The zero-order valence-electron chi connectivity index (χ0n) is 12.7. The molecular formula is C17H19N3O2S. The largest absolute Gasteiger partial charge is 0.463 e. The first kappa shape index (κ1) is 15.7. The number of hydrazone groups is 1. The zero-order valence-corrected chi connectivity index (χ0v) is 13.6. The van der Waals surface area contributed by atoms with E-state index < -0.39 is 0 Å². The summed E-state index contributed by atoms with van der Waals surface area (Å²) in [6.45, 7) is 0. The first-order valence-corrected chi connectivity index (χ1v) is 8.25. The molecule has 1 saturated carbocycles. The van der Waals surface area contributed by atoms with Gasteiger partial charge in [-0.05, 0) is 37.2 Å². The van der Waals surface area contributed by atoms with E-state index in [1.54, 1.807) is 12.1 Å². The lowest BCUT2D eigenvalue weighted by Gasteiger charge is -2.23. The summed E-state index contributed by atoms with van der Waals surface area (Å²) in [6, 6.07) is 7.56. The fraction of sp³-hybridized carbons (Fsp3) is 0.353. The Morgan fingerprint density at radius 3 is 2.87 bits per heavy atom. The molecule has 1 aromatic heterocycles. The second kappa shape index (κ2) is 7.37. The second-order valence-corrected chi connectivity index (χ2v) is 6.10. The van der Waals surface area contributed by atoms with Crippen LogP contribution in [0.2, 0.25) is 0 Å². The summed E-state index contributed by atoms with van der Waals surface area (Å²) >= 11 is 5.22. The summed E-state index contributed by atoms with van der Waals surface area (Å²) in [7, 11) is 0. The Hall–Kier alpha value is -2.21. The lowest BCUT2D eigenvalue weighted by molar-refractivity contribution is 0.412. The number of hydrogen-bond donors (Lipinski definition) is 2. The Morgan fingerprint density at radius 2 is 2.04 bits per heavy atom. The Kier molecular flexibility index (Phi) is 5.02. The Bertz CT molecular complexity index is 779. The summed E-state index contributed by atoms with van der Waals surface area (Å²) in [5, 5.41) is 8.32. The van der Waals surface area contributed by atoms with Crippen LogP contribution in [0.15, 0.2) is 44.8 Å². The van der Waals surface area contributed by atoms with Crippen molar-refractivity contribution in [2.24, 2.45) is 5.10 Å². The Morgan fingerprint density at radius 1 is 1.26 bits per heavy atom. The van der Waals surface area contributed by atoms with Gasteiger partial charge in [0, 0.05) is 6.04 Å². The molecule has 2 aromatic rings. The highest BCUT2D eigenvalue weighted by molar-refractivity contribution is 7.80. The van der Waals surface area contributed by atoms with E-state index in [2.05, 4.69) is 15.8 Å². The summed E-state index contributed by atoms with van der Waals surface area (Å²) in [5.41, 5.74) is 3.61. The fourth-order valence-corrected chi connectivity index (χ4v) is 3.03. The predicted octanol–water partition coefficient (Wildman–Crippen LogP) is 2.92. The molecule has 1 aliphatic rings. The van der Waals surface area contributed by atoms with Crippen molar-refractivity contribution >= 4 is 34.5 Å². The van der Waals surface area contributed by atoms with Gasteiger partial charge in [0.25, 0.3) is 0 Å². The maximum absolute atomic E-state index is 12.3. The van der Waals surface area contributed by atoms with Crippen LogP contribution in [0, 0.1) is 0 Å². The fourth-order valence-electron chi connectivity index (χ4n) is 2.81. The lowest BCUT2D eigenvalue weighted by atomic mass is 9.96. The van der Waals surface area contributed by atoms with Gasteiger partial charge in [-0.15, -0.1) is 0 Å². The number of nitrogens with zero attached hydrogens (tertiary/aromatic N) is 1. The van der Waals surface area contributed by atoms with E-state index >= 15 is 0 Å². The summed E-state index contributed by atoms with van der Waals surface area (Å²) in [5.74, 6) is 0. The molecule has 0 unspecified atom stereocenters. The average molecular weight is 329 g/mol. The molecule has 3 rings (SSSR count). The van der Waals surface area contributed by atoms with Gasteiger partial charge in [0.05, 0.1) is 17.2 Å². The van der Waals surface area contributed by atoms with Crippen LogP contribution < -0.4 is 16.2 Å². The standard InChI is InChI=1S/C17H19N3O2S/c21-16-12(11-22-15-9-5-4-8-14(15)16)10-18-20-17(23)19-13-6-2-1-3-7-13/h4-5,8-11,13H,1-3,6-7H2,(H2,19,20,23)/b18-10-. The third-order valence-corrected chi connectivity index (χ3v) is 4.23. The van der Waals surface area contributed by atoms with E-state index in [1.807, 2.05) is 12.1 Å². The minimum Gasteiger partial charge on any atom is -0.463 e. The van der Waals surface area contributed by atoms with Gasteiger partial charge in [0.2, 0.25) is 5.43 Å². The van der Waals surface area contributed by atoms with Crippen molar-refractivity contribution < 1.29 is 4.42 Å². The van der Waals surface area contributed by atoms with Crippen LogP contribution in [-0.4, -0.2) is 17.4 Å². The maximum Gasteiger partial charge on any atom is 0.201 e. The topological polar surface area (TPSA) is 66.6 Å². The molecule has 0 spiro atoms. The van der Waals surface area contributed by atoms with Crippen LogP contribution in [-0.2, 0) is 0 Å². The van der Waals surface area contributed by atoms with Crippen molar-refractivity contribution in [3.8, 4) is 0 Å². The molecule has 6 heteroatoms.